The molecular weight excluding hydrogens is 295 g/mol. The number of alkyl halides is 1. The SMILES string of the molecule is C[C@]12CC(F)C(=O)CC1C(=O)C[C@@H]1[C@H]2CC[C@]2(C)C(O)CC[C@@H]12. The molecule has 4 fully saturated rings. The number of carbonyl (C=O) groups excluding carboxylic acids is 2. The second-order valence-electron chi connectivity index (χ2n) is 9.09. The predicted molar refractivity (Wildman–Crippen MR) is 83.4 cm³/mol. The zero-order chi connectivity index (χ0) is 16.6. The number of hydrogen-bond acceptors (Lipinski definition) is 3. The van der Waals surface area contributed by atoms with Crippen molar-refractivity contribution in [1.29, 1.82) is 0 Å². The lowest BCUT2D eigenvalue weighted by Gasteiger charge is -2.59. The zero-order valence-electron chi connectivity index (χ0n) is 14.1. The van der Waals surface area contributed by atoms with Gasteiger partial charge in [-0.2, -0.15) is 0 Å². The molecule has 0 aromatic rings. The lowest BCUT2D eigenvalue weighted by Crippen LogP contribution is -2.58. The molecular formula is C19H27FO3. The van der Waals surface area contributed by atoms with E-state index >= 15 is 0 Å². The van der Waals surface area contributed by atoms with Gasteiger partial charge in [0.05, 0.1) is 6.10 Å². The summed E-state index contributed by atoms with van der Waals surface area (Å²) < 4.78 is 14.2. The zero-order valence-corrected chi connectivity index (χ0v) is 14.1. The van der Waals surface area contributed by atoms with Crippen molar-refractivity contribution in [1.82, 2.24) is 0 Å². The van der Waals surface area contributed by atoms with Crippen LogP contribution in [0.15, 0.2) is 0 Å². The monoisotopic (exact) mass is 322 g/mol. The van der Waals surface area contributed by atoms with Crippen LogP contribution < -0.4 is 0 Å². The van der Waals surface area contributed by atoms with Crippen LogP contribution in [-0.4, -0.2) is 28.9 Å². The highest BCUT2D eigenvalue weighted by molar-refractivity contribution is 5.92. The van der Waals surface area contributed by atoms with Crippen LogP contribution in [0.1, 0.15) is 58.8 Å². The molecule has 0 radical (unpaired) electrons. The van der Waals surface area contributed by atoms with Crippen molar-refractivity contribution >= 4 is 11.6 Å². The first kappa shape index (κ1) is 15.7. The molecule has 0 bridgehead atoms. The Labute approximate surface area is 137 Å². The molecule has 4 aliphatic rings. The van der Waals surface area contributed by atoms with E-state index in [1.54, 1.807) is 0 Å². The first-order chi connectivity index (χ1) is 10.8. The quantitative estimate of drug-likeness (QED) is 0.745. The Bertz CT molecular complexity index is 561. The third-order valence-corrected chi connectivity index (χ3v) is 8.23. The topological polar surface area (TPSA) is 54.4 Å². The van der Waals surface area contributed by atoms with Crippen LogP contribution in [0, 0.1) is 34.5 Å². The van der Waals surface area contributed by atoms with Gasteiger partial charge in [-0.15, -0.1) is 0 Å². The van der Waals surface area contributed by atoms with Crippen molar-refractivity contribution in [3.05, 3.63) is 0 Å². The average molecular weight is 322 g/mol. The molecule has 128 valence electrons. The first-order valence-corrected chi connectivity index (χ1v) is 9.15. The van der Waals surface area contributed by atoms with E-state index in [-0.39, 0.29) is 53.2 Å². The molecule has 4 heteroatoms. The van der Waals surface area contributed by atoms with Crippen molar-refractivity contribution in [2.45, 2.75) is 71.1 Å². The summed E-state index contributed by atoms with van der Waals surface area (Å²) in [6.07, 6.45) is 2.90. The summed E-state index contributed by atoms with van der Waals surface area (Å²) in [5.41, 5.74) is -0.452. The highest BCUT2D eigenvalue weighted by Gasteiger charge is 2.63. The highest BCUT2D eigenvalue weighted by Crippen LogP contribution is 2.65. The lowest BCUT2D eigenvalue weighted by molar-refractivity contribution is -0.164. The number of aliphatic hydroxyl groups is 1. The second-order valence-corrected chi connectivity index (χ2v) is 9.09. The summed E-state index contributed by atoms with van der Waals surface area (Å²) in [7, 11) is 0. The van der Waals surface area contributed by atoms with Gasteiger partial charge in [0.1, 0.15) is 5.78 Å². The smallest absolute Gasteiger partial charge is 0.167 e. The highest BCUT2D eigenvalue weighted by atomic mass is 19.1. The maximum Gasteiger partial charge on any atom is 0.167 e. The summed E-state index contributed by atoms with van der Waals surface area (Å²) in [4.78, 5) is 24.6. The Morgan fingerprint density at radius 2 is 1.70 bits per heavy atom. The molecule has 4 aliphatic carbocycles. The number of hydrogen-bond donors (Lipinski definition) is 1. The van der Waals surface area contributed by atoms with Crippen molar-refractivity contribution < 1.29 is 19.1 Å². The molecule has 8 atom stereocenters. The molecule has 0 aromatic carbocycles. The third-order valence-electron chi connectivity index (χ3n) is 8.23. The van der Waals surface area contributed by atoms with Crippen molar-refractivity contribution in [2.75, 3.05) is 0 Å². The summed E-state index contributed by atoms with van der Waals surface area (Å²) in [5.74, 6) is 0.462. The minimum Gasteiger partial charge on any atom is -0.393 e. The van der Waals surface area contributed by atoms with E-state index in [2.05, 4.69) is 13.8 Å². The fourth-order valence-electron chi connectivity index (χ4n) is 6.83. The van der Waals surface area contributed by atoms with E-state index in [0.717, 1.165) is 25.7 Å². The molecule has 1 N–H and O–H groups in total. The van der Waals surface area contributed by atoms with E-state index in [1.807, 2.05) is 0 Å². The second kappa shape index (κ2) is 4.87. The molecule has 23 heavy (non-hydrogen) atoms. The molecule has 4 rings (SSSR count). The summed E-state index contributed by atoms with van der Waals surface area (Å²) in [6, 6.07) is 0. The number of rotatable bonds is 0. The summed E-state index contributed by atoms with van der Waals surface area (Å²) in [5, 5.41) is 10.4. The molecule has 3 nitrogen and oxygen atoms in total. The number of Topliss-reactive ketones (excluding diaryl/α,β-unsaturated/α-hetero) is 2. The van der Waals surface area contributed by atoms with E-state index in [4.69, 9.17) is 0 Å². The van der Waals surface area contributed by atoms with Gasteiger partial charge in [-0.1, -0.05) is 13.8 Å². The summed E-state index contributed by atoms with van der Waals surface area (Å²) in [6.45, 7) is 4.23. The van der Waals surface area contributed by atoms with Crippen LogP contribution in [0.25, 0.3) is 0 Å². The number of halogens is 1. The fourth-order valence-corrected chi connectivity index (χ4v) is 6.83. The van der Waals surface area contributed by atoms with Gasteiger partial charge < -0.3 is 5.11 Å². The van der Waals surface area contributed by atoms with E-state index in [0.29, 0.717) is 18.3 Å². The molecule has 0 aromatic heterocycles. The number of fused-ring (bicyclic) bond motifs is 5. The van der Waals surface area contributed by atoms with Crippen molar-refractivity contribution in [3.8, 4) is 0 Å². The molecule has 4 saturated carbocycles. The predicted octanol–water partition coefficient (Wildman–Crippen LogP) is 3.09. The lowest BCUT2D eigenvalue weighted by atomic mass is 9.45. The molecule has 3 unspecified atom stereocenters. The maximum absolute atomic E-state index is 14.2. The van der Waals surface area contributed by atoms with Crippen LogP contribution in [-0.2, 0) is 9.59 Å². The Kier molecular flexibility index (Phi) is 3.33. The Morgan fingerprint density at radius 3 is 2.43 bits per heavy atom. The minimum atomic E-state index is -1.40. The molecule has 0 aliphatic heterocycles. The molecule has 0 saturated heterocycles. The molecule has 0 amide bonds. The standard InChI is InChI=1S/C19H27FO3/c1-18-6-5-12-10(11(18)3-4-17(18)23)7-15(21)13-8-16(22)14(20)9-19(12,13)2/h10-14,17,23H,3-9H2,1-2H3/t10-,11-,12+,13?,14?,17?,18-,19+/m0/s1. The van der Waals surface area contributed by atoms with Crippen LogP contribution in [0.3, 0.4) is 0 Å². The Hall–Kier alpha value is -0.770. The van der Waals surface area contributed by atoms with Crippen LogP contribution in [0.2, 0.25) is 0 Å². The van der Waals surface area contributed by atoms with E-state index in [1.165, 1.54) is 0 Å². The number of aliphatic hydroxyl groups excluding tert-OH is 1. The number of ketones is 2. The number of carbonyl (C=O) groups is 2. The van der Waals surface area contributed by atoms with Crippen LogP contribution >= 0.6 is 0 Å². The van der Waals surface area contributed by atoms with Crippen LogP contribution in [0.5, 0.6) is 0 Å². The van der Waals surface area contributed by atoms with Gasteiger partial charge in [-0.3, -0.25) is 9.59 Å². The molecule has 0 spiro atoms. The Balaban J connectivity index is 1.70. The van der Waals surface area contributed by atoms with Gasteiger partial charge in [0.15, 0.2) is 12.0 Å². The van der Waals surface area contributed by atoms with Crippen LogP contribution in [0.4, 0.5) is 4.39 Å². The average Bonchev–Trinajstić information content (AvgIpc) is 2.78. The van der Waals surface area contributed by atoms with Gasteiger partial charge in [0, 0.05) is 18.8 Å². The van der Waals surface area contributed by atoms with E-state index in [9.17, 15) is 19.1 Å². The fraction of sp³-hybridized carbons (Fsp3) is 0.895. The maximum atomic E-state index is 14.2. The van der Waals surface area contributed by atoms with Gasteiger partial charge in [-0.05, 0) is 60.7 Å². The van der Waals surface area contributed by atoms with Gasteiger partial charge in [0.25, 0.3) is 0 Å². The van der Waals surface area contributed by atoms with Gasteiger partial charge in [-0.25, -0.2) is 4.39 Å². The van der Waals surface area contributed by atoms with Crippen molar-refractivity contribution in [3.63, 3.8) is 0 Å². The largest absolute Gasteiger partial charge is 0.393 e. The van der Waals surface area contributed by atoms with Gasteiger partial charge >= 0.3 is 0 Å². The Morgan fingerprint density at radius 1 is 1.00 bits per heavy atom. The molecule has 0 heterocycles. The normalized spacial score (nSPS) is 56.0. The van der Waals surface area contributed by atoms with Crippen molar-refractivity contribution in [2.24, 2.45) is 34.5 Å². The first-order valence-electron chi connectivity index (χ1n) is 9.15. The summed E-state index contributed by atoms with van der Waals surface area (Å²) >= 11 is 0. The minimum absolute atomic E-state index is 0.0791. The van der Waals surface area contributed by atoms with Gasteiger partial charge in [0.2, 0.25) is 0 Å². The third kappa shape index (κ3) is 1.96. The van der Waals surface area contributed by atoms with E-state index < -0.39 is 6.17 Å².